The van der Waals surface area contributed by atoms with E-state index in [-0.39, 0.29) is 24.7 Å². The van der Waals surface area contributed by atoms with Crippen molar-refractivity contribution in [1.29, 1.82) is 0 Å². The monoisotopic (exact) mass is 391 g/mol. The van der Waals surface area contributed by atoms with E-state index >= 15 is 0 Å². The number of H-pyrrole nitrogens is 1. The lowest BCUT2D eigenvalue weighted by atomic mass is 10.1. The summed E-state index contributed by atoms with van der Waals surface area (Å²) in [5, 5.41) is 1.26. The molecule has 3 heterocycles. The molecule has 2 fully saturated rings. The first-order valence-electron chi connectivity index (χ1n) is 10.0. The quantitative estimate of drug-likeness (QED) is 0.727. The molecule has 150 valence electrons. The molecule has 0 spiro atoms. The third kappa shape index (κ3) is 3.50. The zero-order valence-corrected chi connectivity index (χ0v) is 16.5. The summed E-state index contributed by atoms with van der Waals surface area (Å²) in [6.07, 6.45) is 2.16. The summed E-state index contributed by atoms with van der Waals surface area (Å²) in [6.45, 7) is 3.29. The minimum atomic E-state index is 0.0658. The van der Waals surface area contributed by atoms with Gasteiger partial charge in [0, 0.05) is 43.3 Å². The number of para-hydroxylation sites is 1. The number of hydrogen-bond acceptors (Lipinski definition) is 4. The van der Waals surface area contributed by atoms with Crippen molar-refractivity contribution in [3.05, 3.63) is 65.9 Å². The Morgan fingerprint density at radius 1 is 1.10 bits per heavy atom. The van der Waals surface area contributed by atoms with Crippen LogP contribution in [0.1, 0.15) is 11.1 Å². The van der Waals surface area contributed by atoms with Crippen molar-refractivity contribution < 1.29 is 14.3 Å². The van der Waals surface area contributed by atoms with Crippen LogP contribution < -0.4 is 4.74 Å². The van der Waals surface area contributed by atoms with E-state index in [0.29, 0.717) is 6.54 Å². The van der Waals surface area contributed by atoms with Gasteiger partial charge in [0.2, 0.25) is 5.91 Å². The van der Waals surface area contributed by atoms with Crippen molar-refractivity contribution in [2.24, 2.45) is 0 Å². The second-order valence-corrected chi connectivity index (χ2v) is 7.84. The first kappa shape index (κ1) is 18.2. The Hall–Kier alpha value is -2.83. The van der Waals surface area contributed by atoms with Gasteiger partial charge >= 0.3 is 0 Å². The van der Waals surface area contributed by atoms with Gasteiger partial charge in [0.1, 0.15) is 12.4 Å². The Bertz CT molecular complexity index is 1010. The normalized spacial score (nSPS) is 22.2. The molecule has 2 unspecified atom stereocenters. The molecule has 2 atom stereocenters. The first-order valence-corrected chi connectivity index (χ1v) is 10.0. The molecule has 0 radical (unpaired) electrons. The molecule has 6 heteroatoms. The number of nitrogens with zero attached hydrogens (tertiary/aromatic N) is 2. The van der Waals surface area contributed by atoms with E-state index < -0.39 is 0 Å². The molecule has 2 aromatic carbocycles. The fourth-order valence-corrected chi connectivity index (χ4v) is 4.51. The predicted molar refractivity (Wildman–Crippen MR) is 111 cm³/mol. The van der Waals surface area contributed by atoms with Crippen molar-refractivity contribution >= 4 is 16.8 Å². The first-order chi connectivity index (χ1) is 14.2. The van der Waals surface area contributed by atoms with Gasteiger partial charge in [-0.2, -0.15) is 0 Å². The lowest BCUT2D eigenvalue weighted by Gasteiger charge is -2.36. The number of likely N-dealkylation sites (tertiary alicyclic amines) is 1. The van der Waals surface area contributed by atoms with Crippen LogP contribution in [-0.2, 0) is 22.6 Å². The predicted octanol–water partition coefficient (Wildman–Crippen LogP) is 2.79. The average molecular weight is 391 g/mol. The van der Waals surface area contributed by atoms with Crippen LogP contribution in [0.4, 0.5) is 0 Å². The number of aromatic nitrogens is 1. The van der Waals surface area contributed by atoms with Crippen molar-refractivity contribution in [2.45, 2.75) is 25.2 Å². The number of nitrogens with one attached hydrogen (secondary N) is 1. The molecule has 2 aliphatic heterocycles. The van der Waals surface area contributed by atoms with Gasteiger partial charge in [-0.3, -0.25) is 9.69 Å². The zero-order valence-electron chi connectivity index (χ0n) is 16.5. The fourth-order valence-electron chi connectivity index (χ4n) is 4.51. The molecule has 0 saturated carbocycles. The Morgan fingerprint density at radius 3 is 2.76 bits per heavy atom. The van der Waals surface area contributed by atoms with E-state index in [1.165, 1.54) is 10.9 Å². The Kier molecular flexibility index (Phi) is 4.73. The van der Waals surface area contributed by atoms with E-state index in [2.05, 4.69) is 34.3 Å². The van der Waals surface area contributed by atoms with Crippen LogP contribution in [0.15, 0.2) is 54.7 Å². The van der Waals surface area contributed by atoms with Gasteiger partial charge in [0.15, 0.2) is 0 Å². The fraction of sp³-hybridized carbons (Fsp3) is 0.348. The molecular formula is C23H25N3O3. The molecule has 6 nitrogen and oxygen atoms in total. The van der Waals surface area contributed by atoms with Gasteiger partial charge in [0.05, 0.1) is 19.3 Å². The van der Waals surface area contributed by atoms with Gasteiger partial charge in [-0.15, -0.1) is 0 Å². The maximum absolute atomic E-state index is 12.6. The van der Waals surface area contributed by atoms with Crippen LogP contribution in [0.25, 0.3) is 10.9 Å². The van der Waals surface area contributed by atoms with Crippen LogP contribution in [-0.4, -0.2) is 59.6 Å². The summed E-state index contributed by atoms with van der Waals surface area (Å²) in [5.41, 5.74) is 3.55. The lowest BCUT2D eigenvalue weighted by molar-refractivity contribution is -0.153. The average Bonchev–Trinajstić information content (AvgIpc) is 3.35. The number of benzene rings is 2. The Balaban J connectivity index is 1.31. The third-order valence-electron chi connectivity index (χ3n) is 6.03. The van der Waals surface area contributed by atoms with Gasteiger partial charge in [-0.25, -0.2) is 0 Å². The molecule has 1 aromatic heterocycles. The number of morpholine rings is 1. The molecule has 1 amide bonds. The molecule has 0 bridgehead atoms. The highest BCUT2D eigenvalue weighted by atomic mass is 16.5. The minimum Gasteiger partial charge on any atom is -0.497 e. The summed E-state index contributed by atoms with van der Waals surface area (Å²) in [6, 6.07) is 16.4. The van der Waals surface area contributed by atoms with Crippen LogP contribution in [0, 0.1) is 0 Å². The second kappa shape index (κ2) is 7.54. The number of aromatic amines is 1. The number of hydrogen-bond donors (Lipinski definition) is 1. The number of ether oxygens (including phenoxy) is 2. The largest absolute Gasteiger partial charge is 0.497 e. The molecule has 5 rings (SSSR count). The number of amides is 1. The highest BCUT2D eigenvalue weighted by molar-refractivity contribution is 5.83. The third-order valence-corrected chi connectivity index (χ3v) is 6.03. The van der Waals surface area contributed by atoms with Crippen molar-refractivity contribution in [3.8, 4) is 5.75 Å². The number of carbonyl (C=O) groups excluding carboxylic acids is 1. The van der Waals surface area contributed by atoms with Crippen molar-refractivity contribution in [1.82, 2.24) is 14.8 Å². The number of methoxy groups -OCH3 is 1. The van der Waals surface area contributed by atoms with Gasteiger partial charge in [-0.05, 0) is 29.3 Å². The van der Waals surface area contributed by atoms with Crippen LogP contribution in [0.5, 0.6) is 5.75 Å². The van der Waals surface area contributed by atoms with E-state index in [9.17, 15) is 4.79 Å². The topological polar surface area (TPSA) is 57.8 Å². The molecule has 29 heavy (non-hydrogen) atoms. The Morgan fingerprint density at radius 2 is 1.93 bits per heavy atom. The second-order valence-electron chi connectivity index (χ2n) is 7.84. The Labute approximate surface area is 170 Å². The van der Waals surface area contributed by atoms with Crippen molar-refractivity contribution in [2.75, 3.05) is 26.8 Å². The summed E-state index contributed by atoms with van der Waals surface area (Å²) >= 11 is 0. The van der Waals surface area contributed by atoms with Gasteiger partial charge < -0.3 is 19.4 Å². The van der Waals surface area contributed by atoms with E-state index in [1.807, 2.05) is 35.2 Å². The maximum Gasteiger partial charge on any atom is 0.249 e. The van der Waals surface area contributed by atoms with Crippen LogP contribution in [0.3, 0.4) is 0 Å². The zero-order chi connectivity index (χ0) is 19.8. The van der Waals surface area contributed by atoms with E-state index in [4.69, 9.17) is 9.47 Å². The summed E-state index contributed by atoms with van der Waals surface area (Å²) in [5.74, 6) is 0.890. The standard InChI is InChI=1S/C23H25N3O3/c1-28-18-8-6-16(7-9-18)11-26-21-13-25(14-22(21)29-15-23(26)27)12-17-10-24-20-5-3-2-4-19(17)20/h2-10,21-22,24H,11-15H2,1H3. The SMILES string of the molecule is COc1ccc(CN2C(=O)COC3CN(Cc4c[nH]c5ccccc45)CC32)cc1. The summed E-state index contributed by atoms with van der Waals surface area (Å²) in [7, 11) is 1.66. The van der Waals surface area contributed by atoms with Gasteiger partial charge in [0.25, 0.3) is 0 Å². The highest BCUT2D eigenvalue weighted by Crippen LogP contribution is 2.28. The minimum absolute atomic E-state index is 0.0658. The number of fused-ring (bicyclic) bond motifs is 2. The van der Waals surface area contributed by atoms with Crippen molar-refractivity contribution in [3.63, 3.8) is 0 Å². The molecule has 2 saturated heterocycles. The number of rotatable bonds is 5. The summed E-state index contributed by atoms with van der Waals surface area (Å²) in [4.78, 5) is 20.4. The maximum atomic E-state index is 12.6. The molecule has 0 aliphatic carbocycles. The van der Waals surface area contributed by atoms with Crippen LogP contribution in [0.2, 0.25) is 0 Å². The molecule has 2 aliphatic rings. The summed E-state index contributed by atoms with van der Waals surface area (Å²) < 4.78 is 11.1. The molecule has 1 N–H and O–H groups in total. The highest BCUT2D eigenvalue weighted by Gasteiger charge is 2.43. The molecule has 3 aromatic rings. The van der Waals surface area contributed by atoms with E-state index in [0.717, 1.165) is 36.5 Å². The molecular weight excluding hydrogens is 366 g/mol. The van der Waals surface area contributed by atoms with E-state index in [1.54, 1.807) is 7.11 Å². The lowest BCUT2D eigenvalue weighted by Crippen LogP contribution is -2.53. The number of carbonyl (C=O) groups is 1. The van der Waals surface area contributed by atoms with Gasteiger partial charge in [-0.1, -0.05) is 30.3 Å². The van der Waals surface area contributed by atoms with Crippen LogP contribution >= 0.6 is 0 Å². The smallest absolute Gasteiger partial charge is 0.249 e.